The van der Waals surface area contributed by atoms with Gasteiger partial charge in [0.05, 0.1) is 17.3 Å². The molecule has 0 aromatic carbocycles. The van der Waals surface area contributed by atoms with E-state index in [4.69, 9.17) is 5.73 Å². The summed E-state index contributed by atoms with van der Waals surface area (Å²) in [5.41, 5.74) is 5.02. The van der Waals surface area contributed by atoms with Crippen molar-refractivity contribution in [2.24, 2.45) is 5.73 Å². The maximum Gasteiger partial charge on any atom is 0.389 e. The van der Waals surface area contributed by atoms with Crippen LogP contribution in [-0.4, -0.2) is 31.9 Å². The number of halogens is 3. The van der Waals surface area contributed by atoms with Crippen molar-refractivity contribution in [3.05, 3.63) is 0 Å². The number of hydrogen-bond donors (Lipinski definition) is 2. The molecule has 0 aliphatic heterocycles. The van der Waals surface area contributed by atoms with Gasteiger partial charge in [0.15, 0.2) is 0 Å². The van der Waals surface area contributed by atoms with Crippen molar-refractivity contribution in [3.63, 3.8) is 0 Å². The fourth-order valence-electron chi connectivity index (χ4n) is 0.716. The molecule has 0 heterocycles. The zero-order chi connectivity index (χ0) is 12.1. The van der Waals surface area contributed by atoms with Crippen LogP contribution in [0.2, 0.25) is 0 Å². The predicted molar refractivity (Wildman–Crippen MR) is 53.9 cm³/mol. The summed E-state index contributed by atoms with van der Waals surface area (Å²) in [5, 5.41) is 0. The van der Waals surface area contributed by atoms with Crippen LogP contribution in [0.1, 0.15) is 12.8 Å². The minimum Gasteiger partial charge on any atom is -0.392 e. The molecule has 0 fully saturated rings. The second kappa shape index (κ2) is 5.61. The van der Waals surface area contributed by atoms with E-state index in [9.17, 15) is 21.6 Å². The second-order valence-corrected chi connectivity index (χ2v) is 5.28. The van der Waals surface area contributed by atoms with Gasteiger partial charge in [-0.15, -0.1) is 0 Å². The molecule has 0 aromatic rings. The van der Waals surface area contributed by atoms with Crippen molar-refractivity contribution in [3.8, 4) is 0 Å². The Kier molecular flexibility index (Phi) is 5.46. The van der Waals surface area contributed by atoms with Gasteiger partial charge in [0.1, 0.15) is 0 Å². The van der Waals surface area contributed by atoms with Gasteiger partial charge in [-0.3, -0.25) is 0 Å². The van der Waals surface area contributed by atoms with Gasteiger partial charge in [-0.2, -0.15) is 13.2 Å². The van der Waals surface area contributed by atoms with Gasteiger partial charge in [0.25, 0.3) is 0 Å². The van der Waals surface area contributed by atoms with Gasteiger partial charge in [-0.05, 0) is 6.42 Å². The summed E-state index contributed by atoms with van der Waals surface area (Å²) >= 11 is 4.41. The molecule has 0 unspecified atom stereocenters. The van der Waals surface area contributed by atoms with Gasteiger partial charge in [0, 0.05) is 6.42 Å². The fourth-order valence-corrected chi connectivity index (χ4v) is 1.92. The molecule has 9 heteroatoms. The summed E-state index contributed by atoms with van der Waals surface area (Å²) in [6.45, 7) is -0.232. The highest BCUT2D eigenvalue weighted by Gasteiger charge is 2.27. The summed E-state index contributed by atoms with van der Waals surface area (Å²) < 4.78 is 59.1. The van der Waals surface area contributed by atoms with Crippen molar-refractivity contribution >= 4 is 27.2 Å². The Morgan fingerprint density at radius 2 is 1.93 bits per heavy atom. The molecule has 0 saturated carbocycles. The van der Waals surface area contributed by atoms with Crippen molar-refractivity contribution in [2.45, 2.75) is 19.0 Å². The lowest BCUT2D eigenvalue weighted by molar-refractivity contribution is -0.134. The minimum absolute atomic E-state index is 0.0607. The van der Waals surface area contributed by atoms with Crippen LogP contribution in [0.4, 0.5) is 13.2 Å². The molecule has 0 spiro atoms. The third-order valence-corrected chi connectivity index (χ3v) is 2.89. The van der Waals surface area contributed by atoms with Crippen LogP contribution in [0.3, 0.4) is 0 Å². The standard InChI is InChI=1S/C6H11F3N2O2S2/c7-6(8,9)2-1-3-15(12,13)11-4-5(10)14/h11H,1-4H2,(H2,10,14). The Morgan fingerprint density at radius 3 is 2.33 bits per heavy atom. The van der Waals surface area contributed by atoms with Crippen LogP contribution in [0.5, 0.6) is 0 Å². The van der Waals surface area contributed by atoms with Gasteiger partial charge in [0.2, 0.25) is 10.0 Å². The molecule has 4 nitrogen and oxygen atoms in total. The number of nitrogens with two attached hydrogens (primary N) is 1. The van der Waals surface area contributed by atoms with E-state index in [0.29, 0.717) is 0 Å². The van der Waals surface area contributed by atoms with E-state index in [1.165, 1.54) is 0 Å². The zero-order valence-electron chi connectivity index (χ0n) is 7.67. The van der Waals surface area contributed by atoms with E-state index in [0.717, 1.165) is 0 Å². The highest BCUT2D eigenvalue weighted by molar-refractivity contribution is 7.89. The molecular formula is C6H11F3N2O2S2. The molecule has 0 aliphatic carbocycles. The summed E-state index contributed by atoms with van der Waals surface area (Å²) in [7, 11) is -3.72. The smallest absolute Gasteiger partial charge is 0.389 e. The van der Waals surface area contributed by atoms with E-state index in [1.807, 2.05) is 4.72 Å². The molecule has 0 aromatic heterocycles. The number of alkyl halides is 3. The summed E-state index contributed by atoms with van der Waals surface area (Å²) in [5.74, 6) is -0.588. The van der Waals surface area contributed by atoms with Crippen LogP contribution < -0.4 is 10.5 Å². The molecule has 0 radical (unpaired) electrons. The molecule has 0 rings (SSSR count). The SMILES string of the molecule is NC(=S)CNS(=O)(=O)CCCC(F)(F)F. The Bertz CT molecular complexity index is 313. The van der Waals surface area contributed by atoms with Gasteiger partial charge in [-0.25, -0.2) is 13.1 Å². The monoisotopic (exact) mass is 264 g/mol. The fraction of sp³-hybridized carbons (Fsp3) is 0.833. The first-order valence-corrected chi connectivity index (χ1v) is 6.01. The quantitative estimate of drug-likeness (QED) is 0.687. The number of nitrogens with one attached hydrogen (secondary N) is 1. The maximum atomic E-state index is 11.7. The van der Waals surface area contributed by atoms with E-state index < -0.39 is 34.8 Å². The molecule has 90 valence electrons. The lowest BCUT2D eigenvalue weighted by Crippen LogP contribution is -2.34. The Morgan fingerprint density at radius 1 is 1.40 bits per heavy atom. The van der Waals surface area contributed by atoms with Crippen LogP contribution in [0.15, 0.2) is 0 Å². The first kappa shape index (κ1) is 14.6. The largest absolute Gasteiger partial charge is 0.392 e. The molecule has 3 N–H and O–H groups in total. The molecule has 0 atom stereocenters. The summed E-state index contributed by atoms with van der Waals surface area (Å²) in [4.78, 5) is -0.0607. The Labute approximate surface area is 91.1 Å². The highest BCUT2D eigenvalue weighted by atomic mass is 32.2. The van der Waals surface area contributed by atoms with Gasteiger partial charge < -0.3 is 5.73 Å². The van der Waals surface area contributed by atoms with E-state index >= 15 is 0 Å². The van der Waals surface area contributed by atoms with Crippen molar-refractivity contribution in [2.75, 3.05) is 12.3 Å². The molecular weight excluding hydrogens is 253 g/mol. The maximum absolute atomic E-state index is 11.7. The second-order valence-electron chi connectivity index (χ2n) is 2.83. The van der Waals surface area contributed by atoms with E-state index in [-0.39, 0.29) is 11.5 Å². The minimum atomic E-state index is -4.33. The third-order valence-electron chi connectivity index (χ3n) is 1.34. The number of hydrogen-bond acceptors (Lipinski definition) is 3. The predicted octanol–water partition coefficient (Wildman–Crippen LogP) is 0.534. The average Bonchev–Trinajstić information content (AvgIpc) is 1.98. The van der Waals surface area contributed by atoms with Crippen molar-refractivity contribution in [1.82, 2.24) is 4.72 Å². The first-order valence-electron chi connectivity index (χ1n) is 3.95. The Balaban J connectivity index is 3.90. The number of sulfonamides is 1. The first-order chi connectivity index (χ1) is 6.62. The Hall–Kier alpha value is -0.410. The molecule has 0 amide bonds. The molecule has 15 heavy (non-hydrogen) atoms. The van der Waals surface area contributed by atoms with E-state index in [2.05, 4.69) is 12.2 Å². The van der Waals surface area contributed by atoms with E-state index in [1.54, 1.807) is 0 Å². The molecule has 0 saturated heterocycles. The summed E-state index contributed by atoms with van der Waals surface area (Å²) in [6, 6.07) is 0. The number of thiocarbonyl (C=S) groups is 1. The third kappa shape index (κ3) is 9.88. The average molecular weight is 264 g/mol. The van der Waals surface area contributed by atoms with Crippen LogP contribution >= 0.6 is 12.2 Å². The molecule has 0 bridgehead atoms. The van der Waals surface area contributed by atoms with Crippen LogP contribution in [-0.2, 0) is 10.0 Å². The highest BCUT2D eigenvalue weighted by Crippen LogP contribution is 2.21. The number of rotatable bonds is 6. The topological polar surface area (TPSA) is 72.2 Å². The van der Waals surface area contributed by atoms with Crippen LogP contribution in [0.25, 0.3) is 0 Å². The lowest BCUT2D eigenvalue weighted by atomic mass is 10.3. The van der Waals surface area contributed by atoms with Crippen molar-refractivity contribution in [1.29, 1.82) is 0 Å². The van der Waals surface area contributed by atoms with Crippen molar-refractivity contribution < 1.29 is 21.6 Å². The zero-order valence-corrected chi connectivity index (χ0v) is 9.31. The van der Waals surface area contributed by atoms with Crippen LogP contribution in [0, 0.1) is 0 Å². The normalized spacial score (nSPS) is 12.7. The van der Waals surface area contributed by atoms with Gasteiger partial charge >= 0.3 is 6.18 Å². The van der Waals surface area contributed by atoms with Gasteiger partial charge in [-0.1, -0.05) is 12.2 Å². The molecule has 0 aliphatic rings. The summed E-state index contributed by atoms with van der Waals surface area (Å²) in [6.07, 6.45) is -5.93. The lowest BCUT2D eigenvalue weighted by Gasteiger charge is -2.07.